The zero-order chi connectivity index (χ0) is 19.5. The Morgan fingerprint density at radius 1 is 1.07 bits per heavy atom. The molecule has 3 aromatic rings. The van der Waals surface area contributed by atoms with Gasteiger partial charge in [-0.25, -0.2) is 5.10 Å². The molecule has 0 unspecified atom stereocenters. The first-order valence-corrected chi connectivity index (χ1v) is 9.74. The van der Waals surface area contributed by atoms with Crippen molar-refractivity contribution in [3.63, 3.8) is 0 Å². The first-order valence-electron chi connectivity index (χ1n) is 9.74. The van der Waals surface area contributed by atoms with Crippen LogP contribution in [0, 0.1) is 11.8 Å². The van der Waals surface area contributed by atoms with Gasteiger partial charge in [0.1, 0.15) is 0 Å². The summed E-state index contributed by atoms with van der Waals surface area (Å²) >= 11 is 0. The minimum Gasteiger partial charge on any atom is -0.330 e. The predicted octanol–water partition coefficient (Wildman–Crippen LogP) is 3.72. The van der Waals surface area contributed by atoms with Gasteiger partial charge in [-0.3, -0.25) is 9.59 Å². The SMILES string of the molecule is Cl.NC[C@H]1CC[C@H](C(=O)Nc2cccc(-c3n[nH]c(=O)c4ccccc34)c2)CC1. The number of carbonyl (C=O) groups is 1. The lowest BCUT2D eigenvalue weighted by atomic mass is 9.81. The molecule has 4 rings (SSSR count). The lowest BCUT2D eigenvalue weighted by Crippen LogP contribution is -2.29. The van der Waals surface area contributed by atoms with Crippen LogP contribution in [0.5, 0.6) is 0 Å². The summed E-state index contributed by atoms with van der Waals surface area (Å²) in [6.07, 6.45) is 3.81. The average molecular weight is 413 g/mol. The monoisotopic (exact) mass is 412 g/mol. The summed E-state index contributed by atoms with van der Waals surface area (Å²) in [6, 6.07) is 15.0. The van der Waals surface area contributed by atoms with E-state index in [1.807, 2.05) is 42.5 Å². The van der Waals surface area contributed by atoms with Crippen molar-refractivity contribution in [1.82, 2.24) is 10.2 Å². The van der Waals surface area contributed by atoms with Gasteiger partial charge in [0.05, 0.1) is 11.1 Å². The number of halogens is 1. The highest BCUT2D eigenvalue weighted by Gasteiger charge is 2.25. The van der Waals surface area contributed by atoms with Gasteiger partial charge >= 0.3 is 0 Å². The zero-order valence-electron chi connectivity index (χ0n) is 16.1. The van der Waals surface area contributed by atoms with E-state index in [9.17, 15) is 9.59 Å². The van der Waals surface area contributed by atoms with Crippen LogP contribution in [0.2, 0.25) is 0 Å². The third-order valence-corrected chi connectivity index (χ3v) is 5.65. The molecule has 29 heavy (non-hydrogen) atoms. The molecule has 1 saturated carbocycles. The number of anilines is 1. The van der Waals surface area contributed by atoms with Crippen LogP contribution >= 0.6 is 12.4 Å². The second-order valence-electron chi connectivity index (χ2n) is 7.47. The number of fused-ring (bicyclic) bond motifs is 1. The summed E-state index contributed by atoms with van der Waals surface area (Å²) < 4.78 is 0. The predicted molar refractivity (Wildman–Crippen MR) is 118 cm³/mol. The van der Waals surface area contributed by atoms with Gasteiger partial charge in [0, 0.05) is 22.6 Å². The number of rotatable bonds is 4. The summed E-state index contributed by atoms with van der Waals surface area (Å²) in [5.74, 6) is 0.650. The molecule has 0 saturated heterocycles. The maximum absolute atomic E-state index is 12.7. The van der Waals surface area contributed by atoms with Gasteiger partial charge in [-0.2, -0.15) is 5.10 Å². The number of nitrogens with two attached hydrogens (primary N) is 1. The molecule has 7 heteroatoms. The van der Waals surface area contributed by atoms with Crippen LogP contribution in [0.4, 0.5) is 5.69 Å². The molecular formula is C22H25ClN4O2. The Balaban J connectivity index is 0.00000240. The molecule has 1 amide bonds. The highest BCUT2D eigenvalue weighted by molar-refractivity contribution is 5.96. The number of nitrogens with one attached hydrogen (secondary N) is 2. The van der Waals surface area contributed by atoms with Crippen LogP contribution < -0.4 is 16.6 Å². The molecular weight excluding hydrogens is 388 g/mol. The summed E-state index contributed by atoms with van der Waals surface area (Å²) in [7, 11) is 0. The van der Waals surface area contributed by atoms with Gasteiger partial charge < -0.3 is 11.1 Å². The van der Waals surface area contributed by atoms with Crippen LogP contribution in [-0.2, 0) is 4.79 Å². The van der Waals surface area contributed by atoms with Crippen LogP contribution in [0.25, 0.3) is 22.0 Å². The van der Waals surface area contributed by atoms with Crippen molar-refractivity contribution in [2.45, 2.75) is 25.7 Å². The van der Waals surface area contributed by atoms with Crippen LogP contribution in [0.15, 0.2) is 53.3 Å². The third-order valence-electron chi connectivity index (χ3n) is 5.65. The second kappa shape index (κ2) is 9.20. The van der Waals surface area contributed by atoms with Gasteiger partial charge in [0.25, 0.3) is 5.56 Å². The fourth-order valence-corrected chi connectivity index (χ4v) is 3.98. The van der Waals surface area contributed by atoms with E-state index >= 15 is 0 Å². The van der Waals surface area contributed by atoms with E-state index in [1.54, 1.807) is 6.07 Å². The van der Waals surface area contributed by atoms with Crippen LogP contribution in [0.3, 0.4) is 0 Å². The highest BCUT2D eigenvalue weighted by Crippen LogP contribution is 2.30. The normalized spacial score (nSPS) is 18.8. The van der Waals surface area contributed by atoms with Gasteiger partial charge in [-0.1, -0.05) is 30.3 Å². The number of nitrogens with zero attached hydrogens (tertiary/aromatic N) is 1. The molecule has 1 aliphatic carbocycles. The van der Waals surface area contributed by atoms with E-state index in [2.05, 4.69) is 15.5 Å². The quantitative estimate of drug-likeness (QED) is 0.607. The highest BCUT2D eigenvalue weighted by atomic mass is 35.5. The Kier molecular flexibility index (Phi) is 6.67. The molecule has 0 bridgehead atoms. The maximum Gasteiger partial charge on any atom is 0.272 e. The van der Waals surface area contributed by atoms with E-state index < -0.39 is 0 Å². The lowest BCUT2D eigenvalue weighted by Gasteiger charge is -2.26. The zero-order valence-corrected chi connectivity index (χ0v) is 16.9. The Hall–Kier alpha value is -2.70. The molecule has 1 aromatic heterocycles. The van der Waals surface area contributed by atoms with Gasteiger partial charge in [0.2, 0.25) is 5.91 Å². The molecule has 1 heterocycles. The average Bonchev–Trinajstić information content (AvgIpc) is 2.74. The molecule has 0 spiro atoms. The standard InChI is InChI=1S/C22H24N4O2.ClH/c23-13-14-8-10-15(11-9-14)21(27)24-17-5-3-4-16(12-17)20-18-6-1-2-7-19(18)22(28)26-25-20;/h1-7,12,14-15H,8-11,13,23H2,(H,24,27)(H,26,28);1H/t14-,15-;. The van der Waals surface area contributed by atoms with Crippen molar-refractivity contribution in [3.05, 3.63) is 58.9 Å². The number of benzene rings is 2. The number of hydrogen-bond donors (Lipinski definition) is 3. The fourth-order valence-electron chi connectivity index (χ4n) is 3.98. The Morgan fingerprint density at radius 2 is 1.79 bits per heavy atom. The Bertz CT molecular complexity index is 1060. The van der Waals surface area contributed by atoms with Crippen LogP contribution in [0.1, 0.15) is 25.7 Å². The molecule has 0 atom stereocenters. The Labute approximate surface area is 175 Å². The fraction of sp³-hybridized carbons (Fsp3) is 0.318. The molecule has 4 N–H and O–H groups in total. The van der Waals surface area contributed by atoms with E-state index in [0.29, 0.717) is 23.5 Å². The van der Waals surface area contributed by atoms with E-state index in [0.717, 1.165) is 42.3 Å². The maximum atomic E-state index is 12.7. The smallest absolute Gasteiger partial charge is 0.272 e. The summed E-state index contributed by atoms with van der Waals surface area (Å²) in [6.45, 7) is 0.705. The van der Waals surface area contributed by atoms with Gasteiger partial charge in [-0.15, -0.1) is 12.4 Å². The van der Waals surface area contributed by atoms with Crippen molar-refractivity contribution >= 4 is 34.8 Å². The topological polar surface area (TPSA) is 101 Å². The van der Waals surface area contributed by atoms with Gasteiger partial charge in [-0.05, 0) is 56.3 Å². The Morgan fingerprint density at radius 3 is 2.52 bits per heavy atom. The second-order valence-corrected chi connectivity index (χ2v) is 7.47. The summed E-state index contributed by atoms with van der Waals surface area (Å²) in [4.78, 5) is 24.7. The van der Waals surface area contributed by atoms with Crippen molar-refractivity contribution in [1.29, 1.82) is 0 Å². The number of amides is 1. The van der Waals surface area contributed by atoms with Crippen LogP contribution in [-0.4, -0.2) is 22.6 Å². The van der Waals surface area contributed by atoms with Crippen molar-refractivity contribution in [2.75, 3.05) is 11.9 Å². The first kappa shape index (κ1) is 21.0. The van der Waals surface area contributed by atoms with Crippen molar-refractivity contribution < 1.29 is 4.79 Å². The molecule has 152 valence electrons. The van der Waals surface area contributed by atoms with Crippen molar-refractivity contribution in [3.8, 4) is 11.3 Å². The number of aromatic amines is 1. The third kappa shape index (κ3) is 4.49. The van der Waals surface area contributed by atoms with E-state index in [4.69, 9.17) is 5.73 Å². The number of hydrogen-bond acceptors (Lipinski definition) is 4. The lowest BCUT2D eigenvalue weighted by molar-refractivity contribution is -0.121. The summed E-state index contributed by atoms with van der Waals surface area (Å²) in [5, 5.41) is 11.2. The molecule has 0 radical (unpaired) electrons. The molecule has 0 aliphatic heterocycles. The molecule has 1 aliphatic rings. The number of H-pyrrole nitrogens is 1. The summed E-state index contributed by atoms with van der Waals surface area (Å²) in [5.41, 5.74) is 7.80. The van der Waals surface area contributed by atoms with E-state index in [-0.39, 0.29) is 29.8 Å². The molecule has 1 fully saturated rings. The molecule has 6 nitrogen and oxygen atoms in total. The number of aromatic nitrogens is 2. The van der Waals surface area contributed by atoms with Gasteiger partial charge in [0.15, 0.2) is 0 Å². The largest absolute Gasteiger partial charge is 0.330 e. The minimum absolute atomic E-state index is 0. The number of carbonyl (C=O) groups excluding carboxylic acids is 1. The molecule has 2 aromatic carbocycles. The van der Waals surface area contributed by atoms with E-state index in [1.165, 1.54) is 0 Å². The first-order chi connectivity index (χ1) is 13.7. The van der Waals surface area contributed by atoms with Crippen molar-refractivity contribution in [2.24, 2.45) is 17.6 Å². The minimum atomic E-state index is -0.211.